The summed E-state index contributed by atoms with van der Waals surface area (Å²) in [6, 6.07) is 0. The SMILES string of the molecule is CCCCC(C)C.CN.N. The Balaban J connectivity index is -0.000000149. The maximum Gasteiger partial charge on any atom is -0.0195 e. The molecule has 0 aliphatic heterocycles. The summed E-state index contributed by atoms with van der Waals surface area (Å²) in [5.41, 5.74) is 4.50. The minimum absolute atomic E-state index is 0. The van der Waals surface area contributed by atoms with Crippen LogP contribution in [-0.4, -0.2) is 7.05 Å². The zero-order valence-electron chi connectivity index (χ0n) is 7.98. The first-order chi connectivity index (χ1) is 4.27. The summed E-state index contributed by atoms with van der Waals surface area (Å²) in [5.74, 6) is 0.903. The zero-order valence-corrected chi connectivity index (χ0v) is 7.98. The molecular weight excluding hydrogens is 124 g/mol. The average Bonchev–Trinajstić information content (AvgIpc) is 1.88. The van der Waals surface area contributed by atoms with Crippen LogP contribution in [0.5, 0.6) is 0 Å². The van der Waals surface area contributed by atoms with Crippen LogP contribution in [0.4, 0.5) is 0 Å². The quantitative estimate of drug-likeness (QED) is 0.646. The summed E-state index contributed by atoms with van der Waals surface area (Å²) >= 11 is 0. The first-order valence-electron chi connectivity index (χ1n) is 3.85. The van der Waals surface area contributed by atoms with Gasteiger partial charge in [-0.15, -0.1) is 0 Å². The van der Waals surface area contributed by atoms with E-state index in [1.165, 1.54) is 26.3 Å². The second-order valence-corrected chi connectivity index (χ2v) is 2.54. The number of unbranched alkanes of at least 4 members (excludes halogenated alkanes) is 1. The zero-order chi connectivity index (χ0) is 7.70. The van der Waals surface area contributed by atoms with E-state index >= 15 is 0 Å². The van der Waals surface area contributed by atoms with Gasteiger partial charge in [0.25, 0.3) is 0 Å². The molecule has 0 aliphatic carbocycles. The first-order valence-corrected chi connectivity index (χ1v) is 3.85. The molecule has 0 aromatic heterocycles. The molecule has 0 amide bonds. The van der Waals surface area contributed by atoms with E-state index in [-0.39, 0.29) is 6.15 Å². The largest absolute Gasteiger partial charge is 0.344 e. The fourth-order valence-corrected chi connectivity index (χ4v) is 0.612. The van der Waals surface area contributed by atoms with Crippen LogP contribution in [0.25, 0.3) is 0 Å². The molecule has 0 heterocycles. The highest BCUT2D eigenvalue weighted by molar-refractivity contribution is 4.42. The molecule has 0 aromatic rings. The molecule has 0 aliphatic rings. The highest BCUT2D eigenvalue weighted by Crippen LogP contribution is 2.04. The van der Waals surface area contributed by atoms with Gasteiger partial charge in [0.15, 0.2) is 0 Å². The number of nitrogens with two attached hydrogens (primary N) is 1. The summed E-state index contributed by atoms with van der Waals surface area (Å²) in [7, 11) is 1.50. The fraction of sp³-hybridized carbons (Fsp3) is 1.00. The van der Waals surface area contributed by atoms with Gasteiger partial charge < -0.3 is 11.9 Å². The minimum Gasteiger partial charge on any atom is -0.344 e. The normalized spacial score (nSPS) is 7.80. The second-order valence-electron chi connectivity index (χ2n) is 2.54. The van der Waals surface area contributed by atoms with E-state index in [1.54, 1.807) is 0 Å². The van der Waals surface area contributed by atoms with E-state index in [0.29, 0.717) is 0 Å². The monoisotopic (exact) mass is 148 g/mol. The van der Waals surface area contributed by atoms with Gasteiger partial charge in [-0.1, -0.05) is 40.0 Å². The second kappa shape index (κ2) is 16.0. The van der Waals surface area contributed by atoms with Crippen molar-refractivity contribution in [3.05, 3.63) is 0 Å². The molecule has 0 aromatic carbocycles. The maximum atomic E-state index is 4.50. The van der Waals surface area contributed by atoms with Crippen molar-refractivity contribution in [1.29, 1.82) is 0 Å². The molecule has 10 heavy (non-hydrogen) atoms. The van der Waals surface area contributed by atoms with E-state index in [9.17, 15) is 0 Å². The molecule has 2 heteroatoms. The van der Waals surface area contributed by atoms with Crippen molar-refractivity contribution in [2.24, 2.45) is 11.7 Å². The van der Waals surface area contributed by atoms with Crippen LogP contribution in [-0.2, 0) is 0 Å². The Hall–Kier alpha value is -0.0800. The van der Waals surface area contributed by atoms with E-state index in [4.69, 9.17) is 0 Å². The van der Waals surface area contributed by atoms with Gasteiger partial charge in [-0.25, -0.2) is 0 Å². The van der Waals surface area contributed by atoms with Crippen molar-refractivity contribution in [2.45, 2.75) is 40.0 Å². The molecular formula is C8H24N2. The van der Waals surface area contributed by atoms with Crippen molar-refractivity contribution >= 4 is 0 Å². The van der Waals surface area contributed by atoms with Crippen LogP contribution in [0.1, 0.15) is 40.0 Å². The average molecular weight is 148 g/mol. The van der Waals surface area contributed by atoms with Crippen LogP contribution in [0.2, 0.25) is 0 Å². The van der Waals surface area contributed by atoms with E-state index in [2.05, 4.69) is 26.5 Å². The molecule has 2 nitrogen and oxygen atoms in total. The Morgan fingerprint density at radius 1 is 1.20 bits per heavy atom. The predicted molar refractivity (Wildman–Crippen MR) is 49.5 cm³/mol. The van der Waals surface area contributed by atoms with E-state index < -0.39 is 0 Å². The van der Waals surface area contributed by atoms with Crippen molar-refractivity contribution in [3.8, 4) is 0 Å². The minimum atomic E-state index is 0. The molecule has 0 saturated carbocycles. The third-order valence-corrected chi connectivity index (χ3v) is 1.14. The van der Waals surface area contributed by atoms with E-state index in [1.807, 2.05) is 0 Å². The third-order valence-electron chi connectivity index (χ3n) is 1.14. The summed E-state index contributed by atoms with van der Waals surface area (Å²) in [6.45, 7) is 6.79. The fourth-order valence-electron chi connectivity index (χ4n) is 0.612. The molecule has 0 radical (unpaired) electrons. The van der Waals surface area contributed by atoms with Crippen molar-refractivity contribution in [1.82, 2.24) is 6.15 Å². The smallest absolute Gasteiger partial charge is 0.0195 e. The van der Waals surface area contributed by atoms with Gasteiger partial charge in [-0.05, 0) is 13.0 Å². The molecule has 0 rings (SSSR count). The standard InChI is InChI=1S/C7H16.CH5N.H3N/c1-4-5-6-7(2)3;1-2;/h7H,4-6H2,1-3H3;2H2,1H3;1H3. The maximum absolute atomic E-state index is 4.50. The van der Waals surface area contributed by atoms with Gasteiger partial charge in [0.2, 0.25) is 0 Å². The van der Waals surface area contributed by atoms with Gasteiger partial charge in [0, 0.05) is 0 Å². The van der Waals surface area contributed by atoms with Crippen LogP contribution in [0.3, 0.4) is 0 Å². The lowest BCUT2D eigenvalue weighted by Gasteiger charge is -1.98. The third kappa shape index (κ3) is 24.7. The van der Waals surface area contributed by atoms with Crippen molar-refractivity contribution < 1.29 is 0 Å². The van der Waals surface area contributed by atoms with Crippen molar-refractivity contribution in [2.75, 3.05) is 7.05 Å². The van der Waals surface area contributed by atoms with Gasteiger partial charge in [-0.3, -0.25) is 0 Å². The molecule has 0 atom stereocenters. The van der Waals surface area contributed by atoms with Crippen LogP contribution in [0.15, 0.2) is 0 Å². The lowest BCUT2D eigenvalue weighted by molar-refractivity contribution is 0.550. The first kappa shape index (κ1) is 16.5. The Labute approximate surface area is 65.8 Å². The highest BCUT2D eigenvalue weighted by Gasteiger charge is 1.88. The molecule has 0 bridgehead atoms. The lowest BCUT2D eigenvalue weighted by atomic mass is 10.1. The van der Waals surface area contributed by atoms with Gasteiger partial charge in [-0.2, -0.15) is 0 Å². The summed E-state index contributed by atoms with van der Waals surface area (Å²) in [4.78, 5) is 0. The van der Waals surface area contributed by atoms with Crippen LogP contribution < -0.4 is 11.9 Å². The number of hydrogen-bond acceptors (Lipinski definition) is 2. The Bertz CT molecular complexity index is 36.2. The molecule has 0 fully saturated rings. The molecule has 0 saturated heterocycles. The number of hydrogen-bond donors (Lipinski definition) is 2. The lowest BCUT2D eigenvalue weighted by Crippen LogP contribution is -1.83. The molecule has 0 unspecified atom stereocenters. The Morgan fingerprint density at radius 3 is 1.70 bits per heavy atom. The highest BCUT2D eigenvalue weighted by atomic mass is 14.4. The van der Waals surface area contributed by atoms with E-state index in [0.717, 1.165) is 5.92 Å². The van der Waals surface area contributed by atoms with Gasteiger partial charge in [0.05, 0.1) is 0 Å². The van der Waals surface area contributed by atoms with Crippen LogP contribution in [0, 0.1) is 5.92 Å². The molecule has 0 spiro atoms. The Morgan fingerprint density at radius 2 is 1.60 bits per heavy atom. The van der Waals surface area contributed by atoms with Crippen LogP contribution >= 0.6 is 0 Å². The topological polar surface area (TPSA) is 61.0 Å². The molecule has 66 valence electrons. The summed E-state index contributed by atoms with van der Waals surface area (Å²) in [5, 5.41) is 0. The predicted octanol–water partition coefficient (Wildman–Crippen LogP) is 2.57. The number of rotatable bonds is 3. The Kier molecular flexibility index (Phi) is 26.3. The van der Waals surface area contributed by atoms with Crippen molar-refractivity contribution in [3.63, 3.8) is 0 Å². The molecule has 5 N–H and O–H groups in total. The summed E-state index contributed by atoms with van der Waals surface area (Å²) < 4.78 is 0. The van der Waals surface area contributed by atoms with Gasteiger partial charge in [0.1, 0.15) is 0 Å². The summed E-state index contributed by atoms with van der Waals surface area (Å²) in [6.07, 6.45) is 4.15. The van der Waals surface area contributed by atoms with Gasteiger partial charge >= 0.3 is 0 Å².